The highest BCUT2D eigenvalue weighted by Gasteiger charge is 2.39. The Kier molecular flexibility index (Phi) is 5.30. The third-order valence-corrected chi connectivity index (χ3v) is 5.19. The molecule has 2 aromatic carbocycles. The van der Waals surface area contributed by atoms with Crippen molar-refractivity contribution in [1.29, 1.82) is 0 Å². The maximum atomic E-state index is 12.6. The molecule has 0 unspecified atom stereocenters. The van der Waals surface area contributed by atoms with Crippen LogP contribution in [0.3, 0.4) is 0 Å². The van der Waals surface area contributed by atoms with E-state index in [1.165, 1.54) is 16.0 Å². The van der Waals surface area contributed by atoms with Crippen LogP contribution >= 0.6 is 0 Å². The lowest BCUT2D eigenvalue weighted by Crippen LogP contribution is -2.42. The smallest absolute Gasteiger partial charge is 0.413 e. The molecule has 0 aromatic heterocycles. The van der Waals surface area contributed by atoms with E-state index in [-0.39, 0.29) is 25.9 Å². The Balaban J connectivity index is 1.46. The molecule has 6 nitrogen and oxygen atoms in total. The SMILES string of the molecule is CCCOC[C@H]1C(=O)OCN1C(=O)OCC1c2ccccc2-c2ccccc21. The summed E-state index contributed by atoms with van der Waals surface area (Å²) >= 11 is 0. The minimum Gasteiger partial charge on any atom is -0.448 e. The van der Waals surface area contributed by atoms with Crippen molar-refractivity contribution in [3.05, 3.63) is 59.7 Å². The summed E-state index contributed by atoms with van der Waals surface area (Å²) in [6.45, 7) is 2.74. The van der Waals surface area contributed by atoms with Gasteiger partial charge >= 0.3 is 12.1 Å². The number of carbonyl (C=O) groups is 2. The van der Waals surface area contributed by atoms with Gasteiger partial charge < -0.3 is 14.2 Å². The first-order valence-corrected chi connectivity index (χ1v) is 9.56. The van der Waals surface area contributed by atoms with Gasteiger partial charge in [-0.25, -0.2) is 9.59 Å². The first-order valence-electron chi connectivity index (χ1n) is 9.56. The second kappa shape index (κ2) is 8.02. The van der Waals surface area contributed by atoms with Gasteiger partial charge in [-0.15, -0.1) is 0 Å². The maximum absolute atomic E-state index is 12.6. The molecule has 0 radical (unpaired) electrons. The molecule has 1 saturated heterocycles. The molecular formula is C22H23NO5. The van der Waals surface area contributed by atoms with E-state index >= 15 is 0 Å². The number of esters is 1. The average Bonchev–Trinajstić information content (AvgIpc) is 3.25. The van der Waals surface area contributed by atoms with Crippen molar-refractivity contribution in [1.82, 2.24) is 4.90 Å². The van der Waals surface area contributed by atoms with Crippen LogP contribution in [0.25, 0.3) is 11.1 Å². The molecule has 0 bridgehead atoms. The third-order valence-electron chi connectivity index (χ3n) is 5.19. The molecule has 2 aliphatic rings. The Bertz CT molecular complexity index is 835. The van der Waals surface area contributed by atoms with Gasteiger partial charge in [-0.05, 0) is 28.7 Å². The number of ether oxygens (including phenoxy) is 3. The van der Waals surface area contributed by atoms with Crippen LogP contribution in [0.1, 0.15) is 30.4 Å². The lowest BCUT2D eigenvalue weighted by molar-refractivity contribution is -0.140. The van der Waals surface area contributed by atoms with E-state index in [1.54, 1.807) is 0 Å². The fraction of sp³-hybridized carbons (Fsp3) is 0.364. The van der Waals surface area contributed by atoms with Crippen molar-refractivity contribution in [3.63, 3.8) is 0 Å². The third kappa shape index (κ3) is 3.36. The molecule has 6 heteroatoms. The molecule has 1 amide bonds. The van der Waals surface area contributed by atoms with Crippen molar-refractivity contribution in [3.8, 4) is 11.1 Å². The van der Waals surface area contributed by atoms with Gasteiger partial charge in [0.2, 0.25) is 0 Å². The predicted molar refractivity (Wildman–Crippen MR) is 103 cm³/mol. The second-order valence-electron chi connectivity index (χ2n) is 6.96. The van der Waals surface area contributed by atoms with Crippen LogP contribution in [0.15, 0.2) is 48.5 Å². The first kappa shape index (κ1) is 18.5. The number of cyclic esters (lactones) is 1. The van der Waals surface area contributed by atoms with Gasteiger partial charge in [0.15, 0.2) is 12.8 Å². The number of hydrogen-bond acceptors (Lipinski definition) is 5. The minimum atomic E-state index is -0.748. The predicted octanol–water partition coefficient (Wildman–Crippen LogP) is 3.55. The molecule has 1 fully saturated rings. The zero-order chi connectivity index (χ0) is 19.5. The Morgan fingerprint density at radius 2 is 1.71 bits per heavy atom. The zero-order valence-corrected chi connectivity index (χ0v) is 15.8. The molecule has 1 aliphatic carbocycles. The van der Waals surface area contributed by atoms with Crippen LogP contribution in [0.2, 0.25) is 0 Å². The first-order chi connectivity index (χ1) is 13.7. The number of amides is 1. The second-order valence-corrected chi connectivity index (χ2v) is 6.96. The Morgan fingerprint density at radius 1 is 1.07 bits per heavy atom. The average molecular weight is 381 g/mol. The maximum Gasteiger partial charge on any atom is 0.413 e. The van der Waals surface area contributed by atoms with E-state index in [2.05, 4.69) is 24.3 Å². The van der Waals surface area contributed by atoms with Gasteiger partial charge in [-0.3, -0.25) is 4.90 Å². The number of hydrogen-bond donors (Lipinski definition) is 0. The molecular weight excluding hydrogens is 358 g/mol. The fourth-order valence-electron chi connectivity index (χ4n) is 3.80. The van der Waals surface area contributed by atoms with Gasteiger partial charge in [0.05, 0.1) is 6.61 Å². The molecule has 2 aromatic rings. The number of rotatable bonds is 6. The highest BCUT2D eigenvalue weighted by molar-refractivity contribution is 5.84. The number of nitrogens with zero attached hydrogens (tertiary/aromatic N) is 1. The van der Waals surface area contributed by atoms with E-state index in [0.717, 1.165) is 17.5 Å². The van der Waals surface area contributed by atoms with Crippen molar-refractivity contribution >= 4 is 12.1 Å². The molecule has 0 saturated carbocycles. The highest BCUT2D eigenvalue weighted by Crippen LogP contribution is 2.44. The Hall–Kier alpha value is -2.86. The minimum absolute atomic E-state index is 0.0228. The van der Waals surface area contributed by atoms with Crippen molar-refractivity contribution < 1.29 is 23.8 Å². The van der Waals surface area contributed by atoms with Crippen molar-refractivity contribution in [2.75, 3.05) is 26.6 Å². The van der Waals surface area contributed by atoms with Gasteiger partial charge in [0.25, 0.3) is 0 Å². The van der Waals surface area contributed by atoms with E-state index in [0.29, 0.717) is 6.61 Å². The quantitative estimate of drug-likeness (QED) is 0.566. The normalized spacial score (nSPS) is 18.0. The number of benzene rings is 2. The van der Waals surface area contributed by atoms with E-state index in [4.69, 9.17) is 14.2 Å². The molecule has 28 heavy (non-hydrogen) atoms. The highest BCUT2D eigenvalue weighted by atomic mass is 16.6. The summed E-state index contributed by atoms with van der Waals surface area (Å²) in [5.41, 5.74) is 4.63. The molecule has 4 rings (SSSR count). The van der Waals surface area contributed by atoms with Crippen LogP contribution in [-0.4, -0.2) is 49.6 Å². The standard InChI is InChI=1S/C22H23NO5/c1-2-11-26-13-20-21(24)28-14-23(20)22(25)27-12-19-17-9-5-3-7-15(17)16-8-4-6-10-18(16)19/h3-10,19-20H,2,11-14H2,1H3/t20-/m0/s1. The summed E-state index contributed by atoms with van der Waals surface area (Å²) in [6, 6.07) is 15.6. The summed E-state index contributed by atoms with van der Waals surface area (Å²) in [5, 5.41) is 0. The molecule has 146 valence electrons. The lowest BCUT2D eigenvalue weighted by Gasteiger charge is -2.21. The topological polar surface area (TPSA) is 65.1 Å². The summed E-state index contributed by atoms with van der Waals surface area (Å²) in [4.78, 5) is 25.8. The van der Waals surface area contributed by atoms with Crippen LogP contribution < -0.4 is 0 Å². The van der Waals surface area contributed by atoms with E-state index in [1.807, 2.05) is 31.2 Å². The summed E-state index contributed by atoms with van der Waals surface area (Å²) in [5.74, 6) is -0.477. The van der Waals surface area contributed by atoms with Gasteiger partial charge in [-0.2, -0.15) is 0 Å². The number of fused-ring (bicyclic) bond motifs is 3. The summed E-state index contributed by atoms with van der Waals surface area (Å²) < 4.78 is 16.1. The summed E-state index contributed by atoms with van der Waals surface area (Å²) in [6.07, 6.45) is 0.282. The van der Waals surface area contributed by atoms with Crippen LogP contribution in [0.5, 0.6) is 0 Å². The van der Waals surface area contributed by atoms with Crippen LogP contribution in [-0.2, 0) is 19.0 Å². The monoisotopic (exact) mass is 381 g/mol. The van der Waals surface area contributed by atoms with Gasteiger partial charge in [0.1, 0.15) is 6.61 Å². The molecule has 0 N–H and O–H groups in total. The molecule has 1 aliphatic heterocycles. The van der Waals surface area contributed by atoms with Crippen molar-refractivity contribution in [2.45, 2.75) is 25.3 Å². The van der Waals surface area contributed by atoms with E-state index < -0.39 is 18.1 Å². The lowest BCUT2D eigenvalue weighted by atomic mass is 9.98. The van der Waals surface area contributed by atoms with Gasteiger partial charge in [0, 0.05) is 12.5 Å². The fourth-order valence-corrected chi connectivity index (χ4v) is 3.80. The van der Waals surface area contributed by atoms with E-state index in [9.17, 15) is 9.59 Å². The van der Waals surface area contributed by atoms with Crippen molar-refractivity contribution in [2.24, 2.45) is 0 Å². The largest absolute Gasteiger partial charge is 0.448 e. The van der Waals surface area contributed by atoms with Crippen LogP contribution in [0, 0.1) is 0 Å². The van der Waals surface area contributed by atoms with Gasteiger partial charge in [-0.1, -0.05) is 55.5 Å². The Morgan fingerprint density at radius 3 is 2.36 bits per heavy atom. The Labute approximate surface area is 164 Å². The molecule has 0 spiro atoms. The summed E-state index contributed by atoms with van der Waals surface area (Å²) in [7, 11) is 0. The molecule has 1 atom stereocenters. The molecule has 1 heterocycles. The zero-order valence-electron chi connectivity index (χ0n) is 15.8. The van der Waals surface area contributed by atoms with Crippen LogP contribution in [0.4, 0.5) is 4.79 Å². The number of carbonyl (C=O) groups excluding carboxylic acids is 2.